The van der Waals surface area contributed by atoms with Crippen molar-refractivity contribution < 1.29 is 19.8 Å². The summed E-state index contributed by atoms with van der Waals surface area (Å²) in [4.78, 5) is 37.1. The Morgan fingerprint density at radius 1 is 1.00 bits per heavy atom. The Hall–Kier alpha value is -5.09. The monoisotopic (exact) mass is 551 g/mol. The number of aromatic carboxylic acids is 1. The average Bonchev–Trinajstić information content (AvgIpc) is 3.36. The fourth-order valence-electron chi connectivity index (χ4n) is 4.60. The summed E-state index contributed by atoms with van der Waals surface area (Å²) in [5.74, 6) is -1.22. The Morgan fingerprint density at radius 3 is 2.34 bits per heavy atom. The molecule has 0 spiro atoms. The van der Waals surface area contributed by atoms with Crippen LogP contribution in [0.4, 0.5) is 11.5 Å². The zero-order valence-corrected chi connectivity index (χ0v) is 23.0. The second kappa shape index (κ2) is 10.5. The number of aliphatic hydroxyl groups is 1. The van der Waals surface area contributed by atoms with Crippen LogP contribution in [0.25, 0.3) is 22.1 Å². The van der Waals surface area contributed by atoms with Gasteiger partial charge in [-0.3, -0.25) is 9.59 Å². The van der Waals surface area contributed by atoms with Gasteiger partial charge in [0.1, 0.15) is 5.56 Å². The number of carbonyl (C=O) groups excluding carboxylic acids is 1. The number of anilines is 2. The van der Waals surface area contributed by atoms with Gasteiger partial charge in [-0.1, -0.05) is 32.9 Å². The number of rotatable bonds is 7. The van der Waals surface area contributed by atoms with E-state index in [-0.39, 0.29) is 28.1 Å². The molecule has 3 N–H and O–H groups in total. The number of benzene rings is 3. The Bertz CT molecular complexity index is 1860. The van der Waals surface area contributed by atoms with E-state index in [0.717, 1.165) is 5.56 Å². The maximum absolute atomic E-state index is 13.5. The molecule has 2 heterocycles. The van der Waals surface area contributed by atoms with Crippen LogP contribution in [-0.4, -0.2) is 41.5 Å². The number of aliphatic hydroxyl groups excluding tert-OH is 1. The summed E-state index contributed by atoms with van der Waals surface area (Å²) in [5.41, 5.74) is 2.66. The predicted molar refractivity (Wildman–Crippen MR) is 156 cm³/mol. The van der Waals surface area contributed by atoms with Crippen molar-refractivity contribution in [2.24, 2.45) is 0 Å². The number of carboxylic acid groups (broad SMARTS) is 1. The zero-order chi connectivity index (χ0) is 29.5. The van der Waals surface area contributed by atoms with Gasteiger partial charge < -0.3 is 15.5 Å². The van der Waals surface area contributed by atoms with Gasteiger partial charge >= 0.3 is 5.97 Å². The van der Waals surface area contributed by atoms with Crippen LogP contribution in [0.3, 0.4) is 0 Å². The Labute approximate surface area is 235 Å². The summed E-state index contributed by atoms with van der Waals surface area (Å²) in [7, 11) is 0. The third kappa shape index (κ3) is 5.24. The minimum Gasteiger partial charge on any atom is -0.477 e. The first kappa shape index (κ1) is 27.5. The minimum atomic E-state index is -1.21. The van der Waals surface area contributed by atoms with Crippen molar-refractivity contribution >= 4 is 34.0 Å². The molecule has 5 aromatic rings. The van der Waals surface area contributed by atoms with Crippen LogP contribution in [0, 0.1) is 0 Å². The highest BCUT2D eigenvalue weighted by Crippen LogP contribution is 2.28. The highest BCUT2D eigenvalue weighted by molar-refractivity contribution is 5.95. The molecule has 10 nitrogen and oxygen atoms in total. The number of carboxylic acids is 1. The lowest BCUT2D eigenvalue weighted by atomic mass is 9.86. The van der Waals surface area contributed by atoms with Gasteiger partial charge in [0.25, 0.3) is 5.56 Å². The van der Waals surface area contributed by atoms with E-state index in [4.69, 9.17) is 0 Å². The first-order chi connectivity index (χ1) is 19.5. The third-order valence-corrected chi connectivity index (χ3v) is 6.91. The molecule has 0 aliphatic carbocycles. The number of fused-ring (bicyclic) bond motifs is 1. The van der Waals surface area contributed by atoms with Crippen LogP contribution in [0.15, 0.2) is 77.9 Å². The summed E-state index contributed by atoms with van der Waals surface area (Å²) in [6.45, 7) is 7.29. The van der Waals surface area contributed by atoms with E-state index in [2.05, 4.69) is 36.3 Å². The Balaban J connectivity index is 1.58. The molecule has 0 atom stereocenters. The van der Waals surface area contributed by atoms with E-state index in [1.807, 2.05) is 12.1 Å². The highest BCUT2D eigenvalue weighted by atomic mass is 16.4. The summed E-state index contributed by atoms with van der Waals surface area (Å²) in [6, 6.07) is 17.3. The molecule has 10 heteroatoms. The van der Waals surface area contributed by atoms with Crippen LogP contribution in [0.1, 0.15) is 59.5 Å². The quantitative estimate of drug-likeness (QED) is 0.240. The van der Waals surface area contributed by atoms with Crippen LogP contribution < -0.4 is 10.9 Å². The van der Waals surface area contributed by atoms with Gasteiger partial charge in [-0.15, -0.1) is 5.10 Å². The summed E-state index contributed by atoms with van der Waals surface area (Å²) in [5, 5.41) is 33.3. The van der Waals surface area contributed by atoms with Crippen LogP contribution in [0.5, 0.6) is 0 Å². The number of Topliss-reactive ketones (excluding diaryl/α,β-unsaturated/α-hetero) is 1. The van der Waals surface area contributed by atoms with Gasteiger partial charge in [0.15, 0.2) is 11.6 Å². The molecule has 2 aromatic heterocycles. The number of nitrogens with one attached hydrogen (secondary N) is 1. The van der Waals surface area contributed by atoms with Crippen molar-refractivity contribution in [3.05, 3.63) is 106 Å². The SMILES string of the molecule is CC(=O)c1ccc(Nc2nn(-c3cccc(-n4ncc5cc(C(C)(C)C)ccc5c4=O)c3CO)cc2C(=O)O)cc1. The first-order valence-corrected chi connectivity index (χ1v) is 12.9. The lowest BCUT2D eigenvalue weighted by molar-refractivity contribution is 0.0697. The Morgan fingerprint density at radius 2 is 1.71 bits per heavy atom. The molecule has 3 aromatic carbocycles. The van der Waals surface area contributed by atoms with Gasteiger partial charge in [0.05, 0.1) is 29.6 Å². The first-order valence-electron chi connectivity index (χ1n) is 12.9. The van der Waals surface area contributed by atoms with Gasteiger partial charge in [-0.25, -0.2) is 9.48 Å². The number of carbonyl (C=O) groups is 2. The van der Waals surface area contributed by atoms with Crippen molar-refractivity contribution in [3.63, 3.8) is 0 Å². The van der Waals surface area contributed by atoms with Crippen molar-refractivity contribution in [2.75, 3.05) is 5.32 Å². The molecule has 0 radical (unpaired) electrons. The molecule has 5 rings (SSSR count). The van der Waals surface area contributed by atoms with E-state index in [9.17, 15) is 24.6 Å². The van der Waals surface area contributed by atoms with Crippen molar-refractivity contribution in [1.29, 1.82) is 0 Å². The highest BCUT2D eigenvalue weighted by Gasteiger charge is 2.21. The third-order valence-electron chi connectivity index (χ3n) is 6.91. The predicted octanol–water partition coefficient (Wildman–Crippen LogP) is 5.01. The number of nitrogens with zero attached hydrogens (tertiary/aromatic N) is 4. The molecule has 0 saturated heterocycles. The Kier molecular flexibility index (Phi) is 7.02. The second-order valence-electron chi connectivity index (χ2n) is 10.7. The molecular weight excluding hydrogens is 522 g/mol. The lowest BCUT2D eigenvalue weighted by Gasteiger charge is -2.19. The molecule has 41 heavy (non-hydrogen) atoms. The largest absolute Gasteiger partial charge is 0.477 e. The molecule has 0 saturated carbocycles. The maximum atomic E-state index is 13.5. The van der Waals surface area contributed by atoms with Gasteiger partial charge in [-0.05, 0) is 66.4 Å². The minimum absolute atomic E-state index is 0.0676. The van der Waals surface area contributed by atoms with Crippen molar-refractivity contribution in [1.82, 2.24) is 19.6 Å². The van der Waals surface area contributed by atoms with Crippen LogP contribution >= 0.6 is 0 Å². The van der Waals surface area contributed by atoms with Crippen LogP contribution in [-0.2, 0) is 12.0 Å². The van der Waals surface area contributed by atoms with E-state index < -0.39 is 12.6 Å². The molecule has 0 bridgehead atoms. The summed E-state index contributed by atoms with van der Waals surface area (Å²) in [6.07, 6.45) is 2.95. The molecule has 0 aliphatic rings. The second-order valence-corrected chi connectivity index (χ2v) is 10.7. The summed E-state index contributed by atoms with van der Waals surface area (Å²) >= 11 is 0. The molecule has 0 unspecified atom stereocenters. The number of hydrogen-bond acceptors (Lipinski definition) is 7. The molecule has 0 aliphatic heterocycles. The molecular formula is C31H29N5O5. The average molecular weight is 552 g/mol. The standard InChI is InChI=1S/C31H29N5O5/c1-18(38)19-8-11-22(12-9-19)33-28-24(30(40)41)16-35(34-28)26-6-5-7-27(25(26)17-37)36-29(39)23-13-10-21(31(2,3)4)14-20(23)15-32-36/h5-16,37H,17H2,1-4H3,(H,33,34)(H,40,41). The fourth-order valence-corrected chi connectivity index (χ4v) is 4.60. The fraction of sp³-hybridized carbons (Fsp3) is 0.194. The van der Waals surface area contributed by atoms with Gasteiger partial charge in [0, 0.05) is 28.4 Å². The van der Waals surface area contributed by atoms with E-state index in [1.165, 1.54) is 22.5 Å². The topological polar surface area (TPSA) is 139 Å². The molecule has 0 fully saturated rings. The van der Waals surface area contributed by atoms with E-state index >= 15 is 0 Å². The van der Waals surface area contributed by atoms with Crippen molar-refractivity contribution in [3.8, 4) is 11.4 Å². The number of aromatic nitrogens is 4. The normalized spacial score (nSPS) is 11.5. The molecule has 208 valence electrons. The molecule has 0 amide bonds. The van der Waals surface area contributed by atoms with Crippen molar-refractivity contribution in [2.45, 2.75) is 39.7 Å². The van der Waals surface area contributed by atoms with Gasteiger partial charge in [-0.2, -0.15) is 9.78 Å². The number of ketones is 1. The maximum Gasteiger partial charge on any atom is 0.341 e. The smallest absolute Gasteiger partial charge is 0.341 e. The van der Waals surface area contributed by atoms with E-state index in [0.29, 0.717) is 39.0 Å². The lowest BCUT2D eigenvalue weighted by Crippen LogP contribution is -2.23. The zero-order valence-electron chi connectivity index (χ0n) is 23.0. The van der Waals surface area contributed by atoms with E-state index in [1.54, 1.807) is 54.7 Å². The van der Waals surface area contributed by atoms with Gasteiger partial charge in [0.2, 0.25) is 0 Å². The summed E-state index contributed by atoms with van der Waals surface area (Å²) < 4.78 is 2.57. The number of hydrogen-bond donors (Lipinski definition) is 3. The van der Waals surface area contributed by atoms with Crippen LogP contribution in [0.2, 0.25) is 0 Å².